The molecule has 19 heavy (non-hydrogen) atoms. The Kier molecular flexibility index (Phi) is 16.8. The summed E-state index contributed by atoms with van der Waals surface area (Å²) in [6.07, 6.45) is 12.1. The van der Waals surface area contributed by atoms with Crippen molar-refractivity contribution in [2.75, 3.05) is 6.54 Å². The monoisotopic (exact) mass is 292 g/mol. The second kappa shape index (κ2) is 15.4. The molecular formula is C14H33ClN4. The molecule has 0 fully saturated rings. The summed E-state index contributed by atoms with van der Waals surface area (Å²) in [5.41, 5.74) is 13.2. The number of rotatable bonds is 12. The summed E-state index contributed by atoms with van der Waals surface area (Å²) in [6, 6.07) is 0. The summed E-state index contributed by atoms with van der Waals surface area (Å²) in [6.45, 7) is 5.47. The van der Waals surface area contributed by atoms with Crippen molar-refractivity contribution in [3.63, 3.8) is 0 Å². The van der Waals surface area contributed by atoms with Gasteiger partial charge in [0.05, 0.1) is 0 Å². The Hall–Kier alpha value is -0.640. The fourth-order valence-corrected chi connectivity index (χ4v) is 1.96. The van der Waals surface area contributed by atoms with Crippen LogP contribution in [-0.2, 0) is 0 Å². The highest BCUT2D eigenvalue weighted by molar-refractivity contribution is 5.85. The Bertz CT molecular complexity index is 204. The molecule has 116 valence electrons. The minimum Gasteiger partial charge on any atom is -0.369 e. The highest BCUT2D eigenvalue weighted by Crippen LogP contribution is 2.12. The van der Waals surface area contributed by atoms with Crippen LogP contribution in [0.25, 0.3) is 0 Å². The van der Waals surface area contributed by atoms with Crippen LogP contribution < -0.4 is 16.9 Å². The number of nitrogens with one attached hydrogen (secondary N) is 1. The van der Waals surface area contributed by atoms with Gasteiger partial charge < -0.3 is 16.9 Å². The predicted molar refractivity (Wildman–Crippen MR) is 87.5 cm³/mol. The van der Waals surface area contributed by atoms with E-state index in [9.17, 15) is 0 Å². The zero-order chi connectivity index (χ0) is 13.6. The van der Waals surface area contributed by atoms with Crippen molar-refractivity contribution in [1.82, 2.24) is 5.43 Å². The molecule has 0 aromatic rings. The number of hydrogen-bond acceptors (Lipinski definition) is 2. The van der Waals surface area contributed by atoms with E-state index < -0.39 is 0 Å². The van der Waals surface area contributed by atoms with Crippen LogP contribution >= 0.6 is 12.4 Å². The highest BCUT2D eigenvalue weighted by Gasteiger charge is 1.95. The summed E-state index contributed by atoms with van der Waals surface area (Å²) < 4.78 is 0. The standard InChI is InChI=1S/C14H32N4.ClH/c1-13(2)11-9-7-5-3-4-6-8-10-12-17-18-14(15)16;/h13,17H,3-12H2,1-2H3,(H4,15,16,18);1H. The average molecular weight is 293 g/mol. The molecule has 0 aliphatic rings. The van der Waals surface area contributed by atoms with E-state index in [0.717, 1.165) is 18.9 Å². The molecule has 0 amide bonds. The fraction of sp³-hybridized carbons (Fsp3) is 0.929. The molecule has 5 N–H and O–H groups in total. The SMILES string of the molecule is CC(C)CCCCCCCCCCNN=C(N)N.Cl. The van der Waals surface area contributed by atoms with Crippen LogP contribution in [0, 0.1) is 5.92 Å². The van der Waals surface area contributed by atoms with Crippen LogP contribution in [0.5, 0.6) is 0 Å². The predicted octanol–water partition coefficient (Wildman–Crippen LogP) is 3.35. The van der Waals surface area contributed by atoms with Crippen molar-refractivity contribution < 1.29 is 0 Å². The number of hydrogen-bond donors (Lipinski definition) is 3. The second-order valence-electron chi connectivity index (χ2n) is 5.46. The summed E-state index contributed by atoms with van der Waals surface area (Å²) in [5, 5.41) is 3.73. The molecule has 0 unspecified atom stereocenters. The maximum atomic E-state index is 5.20. The second-order valence-corrected chi connectivity index (χ2v) is 5.46. The molecule has 0 rings (SSSR count). The third kappa shape index (κ3) is 19.9. The molecule has 5 heteroatoms. The quantitative estimate of drug-likeness (QED) is 0.223. The van der Waals surface area contributed by atoms with Crippen molar-refractivity contribution in [3.05, 3.63) is 0 Å². The highest BCUT2D eigenvalue weighted by atomic mass is 35.5. The Morgan fingerprint density at radius 2 is 1.37 bits per heavy atom. The molecule has 0 heterocycles. The van der Waals surface area contributed by atoms with E-state index in [1.165, 1.54) is 51.4 Å². The summed E-state index contributed by atoms with van der Waals surface area (Å²) in [4.78, 5) is 0. The Morgan fingerprint density at radius 3 is 1.84 bits per heavy atom. The van der Waals surface area contributed by atoms with Crippen molar-refractivity contribution in [1.29, 1.82) is 0 Å². The maximum Gasteiger partial charge on any atom is 0.208 e. The first-order valence-corrected chi connectivity index (χ1v) is 7.44. The molecule has 0 saturated carbocycles. The Labute approximate surface area is 125 Å². The Balaban J connectivity index is 0. The number of unbranched alkanes of at least 4 members (excludes halogenated alkanes) is 7. The first kappa shape index (κ1) is 20.7. The molecule has 0 aromatic heterocycles. The molecule has 0 aromatic carbocycles. The number of guanidine groups is 1. The molecule has 0 aliphatic heterocycles. The molecule has 0 aliphatic carbocycles. The molecule has 0 radical (unpaired) electrons. The lowest BCUT2D eigenvalue weighted by Gasteiger charge is -2.04. The largest absolute Gasteiger partial charge is 0.369 e. The first-order chi connectivity index (χ1) is 8.63. The number of halogens is 1. The van der Waals surface area contributed by atoms with Gasteiger partial charge in [-0.25, -0.2) is 0 Å². The van der Waals surface area contributed by atoms with Gasteiger partial charge in [0.25, 0.3) is 0 Å². The fourth-order valence-electron chi connectivity index (χ4n) is 1.96. The first-order valence-electron chi connectivity index (χ1n) is 7.44. The van der Waals surface area contributed by atoms with Crippen molar-refractivity contribution in [3.8, 4) is 0 Å². The van der Waals surface area contributed by atoms with Gasteiger partial charge in [0.15, 0.2) is 0 Å². The van der Waals surface area contributed by atoms with E-state index in [4.69, 9.17) is 11.5 Å². The van der Waals surface area contributed by atoms with Gasteiger partial charge in [-0.05, 0) is 12.3 Å². The van der Waals surface area contributed by atoms with Crippen LogP contribution in [0.1, 0.15) is 71.6 Å². The van der Waals surface area contributed by atoms with Crippen LogP contribution in [0.3, 0.4) is 0 Å². The average Bonchev–Trinajstić information content (AvgIpc) is 2.29. The summed E-state index contributed by atoms with van der Waals surface area (Å²) in [5.74, 6) is 0.971. The van der Waals surface area contributed by atoms with Crippen molar-refractivity contribution in [2.45, 2.75) is 71.6 Å². The van der Waals surface area contributed by atoms with E-state index in [1.54, 1.807) is 0 Å². The molecule has 0 atom stereocenters. The number of nitrogens with zero attached hydrogens (tertiary/aromatic N) is 1. The van der Waals surface area contributed by atoms with Crippen molar-refractivity contribution in [2.24, 2.45) is 22.5 Å². The molecular weight excluding hydrogens is 260 g/mol. The number of nitrogens with two attached hydrogens (primary N) is 2. The molecule has 4 nitrogen and oxygen atoms in total. The van der Waals surface area contributed by atoms with Crippen LogP contribution in [-0.4, -0.2) is 12.5 Å². The number of hydrazone groups is 1. The third-order valence-electron chi connectivity index (χ3n) is 3.03. The van der Waals surface area contributed by atoms with Gasteiger partial charge in [-0.15, -0.1) is 17.5 Å². The van der Waals surface area contributed by atoms with Gasteiger partial charge in [-0.3, -0.25) is 0 Å². The van der Waals surface area contributed by atoms with Gasteiger partial charge >= 0.3 is 0 Å². The van der Waals surface area contributed by atoms with E-state index in [-0.39, 0.29) is 18.4 Å². The van der Waals surface area contributed by atoms with Gasteiger partial charge in [0.2, 0.25) is 5.96 Å². The van der Waals surface area contributed by atoms with E-state index in [0.29, 0.717) is 0 Å². The third-order valence-corrected chi connectivity index (χ3v) is 3.03. The minimum atomic E-state index is 0. The van der Waals surface area contributed by atoms with Gasteiger partial charge in [0.1, 0.15) is 0 Å². The lowest BCUT2D eigenvalue weighted by molar-refractivity contribution is 0.505. The topological polar surface area (TPSA) is 76.4 Å². The molecule has 0 spiro atoms. The van der Waals surface area contributed by atoms with E-state index in [1.807, 2.05) is 0 Å². The smallest absolute Gasteiger partial charge is 0.208 e. The summed E-state index contributed by atoms with van der Waals surface area (Å²) in [7, 11) is 0. The zero-order valence-corrected chi connectivity index (χ0v) is 13.5. The van der Waals surface area contributed by atoms with Crippen LogP contribution in [0.15, 0.2) is 5.10 Å². The van der Waals surface area contributed by atoms with E-state index in [2.05, 4.69) is 24.4 Å². The van der Waals surface area contributed by atoms with E-state index >= 15 is 0 Å². The van der Waals surface area contributed by atoms with Crippen LogP contribution in [0.4, 0.5) is 0 Å². The maximum absolute atomic E-state index is 5.20. The molecule has 0 bridgehead atoms. The summed E-state index contributed by atoms with van der Waals surface area (Å²) >= 11 is 0. The van der Waals surface area contributed by atoms with Gasteiger partial charge in [-0.2, -0.15) is 0 Å². The normalized spacial score (nSPS) is 10.1. The van der Waals surface area contributed by atoms with Gasteiger partial charge in [-0.1, -0.05) is 65.2 Å². The van der Waals surface area contributed by atoms with Gasteiger partial charge in [0, 0.05) is 6.54 Å². The van der Waals surface area contributed by atoms with Crippen LogP contribution in [0.2, 0.25) is 0 Å². The lowest BCUT2D eigenvalue weighted by atomic mass is 10.0. The molecule has 0 saturated heterocycles. The zero-order valence-electron chi connectivity index (χ0n) is 12.7. The van der Waals surface area contributed by atoms with Crippen molar-refractivity contribution >= 4 is 18.4 Å². The lowest BCUT2D eigenvalue weighted by Crippen LogP contribution is -2.26. The minimum absolute atomic E-state index is 0. The Morgan fingerprint density at radius 1 is 0.895 bits per heavy atom.